The number of fused-ring (bicyclic) bond motifs is 1. The molecule has 3 rings (SSSR count). The summed E-state index contributed by atoms with van der Waals surface area (Å²) in [5, 5.41) is 3.57. The molecule has 1 heterocycles. The van der Waals surface area contributed by atoms with Crippen LogP contribution in [-0.4, -0.2) is 22.6 Å². The molecule has 1 fully saturated rings. The SMILES string of the molecule is CCC1CCCC(C(Cn2cnc3ccccc32)NC)C1. The van der Waals surface area contributed by atoms with Gasteiger partial charge in [-0.15, -0.1) is 0 Å². The molecule has 0 bridgehead atoms. The molecule has 0 amide bonds. The zero-order valence-corrected chi connectivity index (χ0v) is 13.3. The van der Waals surface area contributed by atoms with Crippen LogP contribution in [0, 0.1) is 11.8 Å². The Morgan fingerprint density at radius 2 is 2.19 bits per heavy atom. The molecule has 1 aromatic heterocycles. The van der Waals surface area contributed by atoms with E-state index in [0.29, 0.717) is 6.04 Å². The fourth-order valence-corrected chi connectivity index (χ4v) is 3.91. The molecule has 0 aliphatic heterocycles. The summed E-state index contributed by atoms with van der Waals surface area (Å²) in [4.78, 5) is 4.52. The van der Waals surface area contributed by atoms with E-state index in [9.17, 15) is 0 Å². The second kappa shape index (κ2) is 6.61. The van der Waals surface area contributed by atoms with Gasteiger partial charge in [0, 0.05) is 12.6 Å². The molecule has 0 spiro atoms. The molecule has 1 aliphatic rings. The smallest absolute Gasteiger partial charge is 0.0958 e. The average molecular weight is 285 g/mol. The van der Waals surface area contributed by atoms with Crippen molar-refractivity contribution in [3.63, 3.8) is 0 Å². The van der Waals surface area contributed by atoms with Gasteiger partial charge in [-0.2, -0.15) is 0 Å². The highest BCUT2D eigenvalue weighted by atomic mass is 15.1. The Morgan fingerprint density at radius 3 is 3.00 bits per heavy atom. The first-order valence-electron chi connectivity index (χ1n) is 8.39. The number of benzene rings is 1. The zero-order chi connectivity index (χ0) is 14.7. The lowest BCUT2D eigenvalue weighted by Crippen LogP contribution is -2.39. The second-order valence-corrected chi connectivity index (χ2v) is 6.48. The van der Waals surface area contributed by atoms with E-state index in [-0.39, 0.29) is 0 Å². The van der Waals surface area contributed by atoms with Crippen molar-refractivity contribution in [1.29, 1.82) is 0 Å². The molecule has 114 valence electrons. The number of nitrogens with zero attached hydrogens (tertiary/aromatic N) is 2. The third-order valence-electron chi connectivity index (χ3n) is 5.26. The number of rotatable bonds is 5. The van der Waals surface area contributed by atoms with Gasteiger partial charge in [-0.05, 0) is 43.9 Å². The van der Waals surface area contributed by atoms with Crippen molar-refractivity contribution < 1.29 is 0 Å². The standard InChI is InChI=1S/C18H27N3/c1-3-14-7-6-8-15(11-14)17(19-2)12-21-13-20-16-9-4-5-10-18(16)21/h4-5,9-10,13-15,17,19H,3,6-8,11-12H2,1-2H3. The lowest BCUT2D eigenvalue weighted by molar-refractivity contribution is 0.202. The number of aromatic nitrogens is 2. The van der Waals surface area contributed by atoms with E-state index in [1.54, 1.807) is 0 Å². The van der Waals surface area contributed by atoms with Crippen molar-refractivity contribution in [2.45, 2.75) is 51.6 Å². The number of likely N-dealkylation sites (N-methyl/N-ethyl adjacent to an activating group) is 1. The van der Waals surface area contributed by atoms with Crippen LogP contribution in [0.1, 0.15) is 39.0 Å². The van der Waals surface area contributed by atoms with E-state index in [1.807, 2.05) is 6.33 Å². The van der Waals surface area contributed by atoms with Crippen molar-refractivity contribution in [2.75, 3.05) is 7.05 Å². The third kappa shape index (κ3) is 3.13. The van der Waals surface area contributed by atoms with E-state index >= 15 is 0 Å². The van der Waals surface area contributed by atoms with Crippen LogP contribution in [0.15, 0.2) is 30.6 Å². The van der Waals surface area contributed by atoms with Gasteiger partial charge in [0.15, 0.2) is 0 Å². The van der Waals surface area contributed by atoms with Gasteiger partial charge in [0.2, 0.25) is 0 Å². The fraction of sp³-hybridized carbons (Fsp3) is 0.611. The summed E-state index contributed by atoms with van der Waals surface area (Å²) < 4.78 is 2.31. The van der Waals surface area contributed by atoms with Crippen molar-refractivity contribution in [2.24, 2.45) is 11.8 Å². The first-order chi connectivity index (χ1) is 10.3. The van der Waals surface area contributed by atoms with Gasteiger partial charge in [0.05, 0.1) is 17.4 Å². The molecule has 3 heteroatoms. The highest BCUT2D eigenvalue weighted by Crippen LogP contribution is 2.33. The van der Waals surface area contributed by atoms with Gasteiger partial charge >= 0.3 is 0 Å². The van der Waals surface area contributed by atoms with Crippen LogP contribution in [-0.2, 0) is 6.54 Å². The average Bonchev–Trinajstić information content (AvgIpc) is 2.95. The normalized spacial score (nSPS) is 24.3. The largest absolute Gasteiger partial charge is 0.329 e. The molecule has 1 N–H and O–H groups in total. The van der Waals surface area contributed by atoms with E-state index in [0.717, 1.165) is 23.9 Å². The fourth-order valence-electron chi connectivity index (χ4n) is 3.91. The summed E-state index contributed by atoms with van der Waals surface area (Å²) in [5.41, 5.74) is 2.35. The van der Waals surface area contributed by atoms with Crippen molar-refractivity contribution in [3.05, 3.63) is 30.6 Å². The number of para-hydroxylation sites is 2. The van der Waals surface area contributed by atoms with Gasteiger partial charge in [-0.1, -0.05) is 38.3 Å². The lowest BCUT2D eigenvalue weighted by atomic mass is 9.77. The quantitative estimate of drug-likeness (QED) is 0.904. The minimum absolute atomic E-state index is 0.553. The topological polar surface area (TPSA) is 29.9 Å². The highest BCUT2D eigenvalue weighted by molar-refractivity contribution is 5.74. The minimum atomic E-state index is 0.553. The molecular formula is C18H27N3. The van der Waals surface area contributed by atoms with Gasteiger partial charge in [0.1, 0.15) is 0 Å². The van der Waals surface area contributed by atoms with E-state index in [1.165, 1.54) is 37.6 Å². The molecule has 0 radical (unpaired) electrons. The van der Waals surface area contributed by atoms with Gasteiger partial charge in [-0.3, -0.25) is 0 Å². The molecule has 3 unspecified atom stereocenters. The maximum absolute atomic E-state index is 4.52. The van der Waals surface area contributed by atoms with Crippen molar-refractivity contribution in [1.82, 2.24) is 14.9 Å². The van der Waals surface area contributed by atoms with Gasteiger partial charge < -0.3 is 9.88 Å². The number of hydrogen-bond acceptors (Lipinski definition) is 2. The number of imidazole rings is 1. The third-order valence-corrected chi connectivity index (χ3v) is 5.26. The van der Waals surface area contributed by atoms with Crippen LogP contribution >= 0.6 is 0 Å². The number of nitrogens with one attached hydrogen (secondary N) is 1. The Balaban J connectivity index is 1.75. The molecule has 1 saturated carbocycles. The maximum Gasteiger partial charge on any atom is 0.0958 e. The van der Waals surface area contributed by atoms with Crippen LogP contribution < -0.4 is 5.32 Å². The van der Waals surface area contributed by atoms with Crippen LogP contribution in [0.25, 0.3) is 11.0 Å². The summed E-state index contributed by atoms with van der Waals surface area (Å²) in [6, 6.07) is 8.97. The van der Waals surface area contributed by atoms with Crippen LogP contribution in [0.5, 0.6) is 0 Å². The van der Waals surface area contributed by atoms with E-state index in [2.05, 4.69) is 53.1 Å². The Labute approximate surface area is 127 Å². The Bertz CT molecular complexity index is 575. The predicted octanol–water partition coefficient (Wildman–Crippen LogP) is 3.84. The molecule has 21 heavy (non-hydrogen) atoms. The molecule has 0 saturated heterocycles. The summed E-state index contributed by atoms with van der Waals surface area (Å²) >= 11 is 0. The molecule has 2 aromatic rings. The monoisotopic (exact) mass is 285 g/mol. The van der Waals surface area contributed by atoms with E-state index in [4.69, 9.17) is 0 Å². The zero-order valence-electron chi connectivity index (χ0n) is 13.3. The maximum atomic E-state index is 4.52. The molecule has 1 aliphatic carbocycles. The minimum Gasteiger partial charge on any atom is -0.329 e. The van der Waals surface area contributed by atoms with Gasteiger partial charge in [-0.25, -0.2) is 4.98 Å². The Hall–Kier alpha value is -1.35. The van der Waals surface area contributed by atoms with Gasteiger partial charge in [0.25, 0.3) is 0 Å². The summed E-state index contributed by atoms with van der Waals surface area (Å²) in [6.07, 6.45) is 8.91. The lowest BCUT2D eigenvalue weighted by Gasteiger charge is -2.34. The van der Waals surface area contributed by atoms with Crippen molar-refractivity contribution in [3.8, 4) is 0 Å². The summed E-state index contributed by atoms with van der Waals surface area (Å²) in [7, 11) is 2.11. The molecule has 3 atom stereocenters. The second-order valence-electron chi connectivity index (χ2n) is 6.48. The first kappa shape index (κ1) is 14.6. The van der Waals surface area contributed by atoms with Crippen LogP contribution in [0.4, 0.5) is 0 Å². The molecular weight excluding hydrogens is 258 g/mol. The Morgan fingerprint density at radius 1 is 1.33 bits per heavy atom. The summed E-state index contributed by atoms with van der Waals surface area (Å²) in [6.45, 7) is 3.36. The van der Waals surface area contributed by atoms with E-state index < -0.39 is 0 Å². The molecule has 3 nitrogen and oxygen atoms in total. The van der Waals surface area contributed by atoms with Crippen LogP contribution in [0.2, 0.25) is 0 Å². The predicted molar refractivity (Wildman–Crippen MR) is 88.3 cm³/mol. The Kier molecular flexibility index (Phi) is 4.59. The highest BCUT2D eigenvalue weighted by Gasteiger charge is 2.27. The number of hydrogen-bond donors (Lipinski definition) is 1. The molecule has 1 aromatic carbocycles. The van der Waals surface area contributed by atoms with Crippen LogP contribution in [0.3, 0.4) is 0 Å². The summed E-state index contributed by atoms with van der Waals surface area (Å²) in [5.74, 6) is 1.73. The first-order valence-corrected chi connectivity index (χ1v) is 8.39. The van der Waals surface area contributed by atoms with Crippen molar-refractivity contribution >= 4 is 11.0 Å².